The van der Waals surface area contributed by atoms with Crippen LogP contribution in [-0.4, -0.2) is 34.9 Å². The number of amides is 1. The Bertz CT molecular complexity index is 668. The third-order valence-electron chi connectivity index (χ3n) is 2.98. The summed E-state index contributed by atoms with van der Waals surface area (Å²) in [6, 6.07) is 10.4. The maximum atomic E-state index is 11.9. The molecular formula is C16H16N2O3. The van der Waals surface area contributed by atoms with E-state index in [1.807, 2.05) is 6.07 Å². The second-order valence-corrected chi connectivity index (χ2v) is 4.55. The monoisotopic (exact) mass is 284 g/mol. The Morgan fingerprint density at radius 1 is 1.19 bits per heavy atom. The molecule has 5 heteroatoms. The van der Waals surface area contributed by atoms with Gasteiger partial charge in [0, 0.05) is 29.4 Å². The largest absolute Gasteiger partial charge is 0.395 e. The van der Waals surface area contributed by atoms with Gasteiger partial charge in [0.2, 0.25) is 0 Å². The smallest absolute Gasteiger partial charge is 0.251 e. The number of nitrogens with one attached hydrogen (secondary N) is 1. The topological polar surface area (TPSA) is 79.3 Å². The van der Waals surface area contributed by atoms with Gasteiger partial charge in [0.1, 0.15) is 0 Å². The van der Waals surface area contributed by atoms with Crippen molar-refractivity contribution in [1.29, 1.82) is 0 Å². The number of aromatic nitrogens is 1. The van der Waals surface area contributed by atoms with Crippen molar-refractivity contribution in [2.75, 3.05) is 13.2 Å². The lowest BCUT2D eigenvalue weighted by Crippen LogP contribution is -2.26. The van der Waals surface area contributed by atoms with Gasteiger partial charge in [-0.05, 0) is 25.1 Å². The highest BCUT2D eigenvalue weighted by molar-refractivity contribution is 5.96. The van der Waals surface area contributed by atoms with Crippen molar-refractivity contribution in [3.05, 3.63) is 53.7 Å². The van der Waals surface area contributed by atoms with Crippen LogP contribution in [0, 0.1) is 0 Å². The number of carbonyl (C=O) groups is 2. The van der Waals surface area contributed by atoms with Crippen LogP contribution in [0.1, 0.15) is 27.6 Å². The fourth-order valence-corrected chi connectivity index (χ4v) is 1.90. The second-order valence-electron chi connectivity index (χ2n) is 4.55. The highest BCUT2D eigenvalue weighted by Gasteiger charge is 2.08. The van der Waals surface area contributed by atoms with Crippen molar-refractivity contribution in [2.45, 2.75) is 6.92 Å². The summed E-state index contributed by atoms with van der Waals surface area (Å²) < 4.78 is 0. The first-order chi connectivity index (χ1) is 10.1. The minimum absolute atomic E-state index is 0.0197. The molecule has 2 aromatic rings. The van der Waals surface area contributed by atoms with Crippen molar-refractivity contribution >= 4 is 11.7 Å². The molecule has 21 heavy (non-hydrogen) atoms. The zero-order valence-electron chi connectivity index (χ0n) is 11.7. The van der Waals surface area contributed by atoms with Gasteiger partial charge in [0.15, 0.2) is 5.78 Å². The Kier molecular flexibility index (Phi) is 4.79. The molecule has 0 spiro atoms. The molecule has 2 N–H and O–H groups in total. The molecule has 1 amide bonds. The third kappa shape index (κ3) is 3.73. The maximum Gasteiger partial charge on any atom is 0.251 e. The lowest BCUT2D eigenvalue weighted by molar-refractivity contribution is 0.0944. The van der Waals surface area contributed by atoms with Crippen molar-refractivity contribution < 1.29 is 14.7 Å². The molecule has 108 valence electrons. The van der Waals surface area contributed by atoms with Gasteiger partial charge in [0.05, 0.1) is 12.3 Å². The van der Waals surface area contributed by atoms with Crippen LogP contribution >= 0.6 is 0 Å². The minimum atomic E-state index is -0.268. The summed E-state index contributed by atoms with van der Waals surface area (Å²) in [7, 11) is 0. The number of aliphatic hydroxyl groups is 1. The number of hydrogen-bond acceptors (Lipinski definition) is 4. The maximum absolute atomic E-state index is 11.9. The van der Waals surface area contributed by atoms with Gasteiger partial charge in [-0.15, -0.1) is 0 Å². The van der Waals surface area contributed by atoms with Crippen molar-refractivity contribution in [2.24, 2.45) is 0 Å². The molecule has 1 aromatic heterocycles. The molecule has 0 unspecified atom stereocenters. The fraction of sp³-hybridized carbons (Fsp3) is 0.188. The molecule has 0 aliphatic rings. The summed E-state index contributed by atoms with van der Waals surface area (Å²) in [4.78, 5) is 27.5. The van der Waals surface area contributed by atoms with E-state index in [9.17, 15) is 9.59 Å². The molecule has 0 atom stereocenters. The predicted octanol–water partition coefficient (Wildman–Crippen LogP) is 1.67. The molecule has 0 aliphatic heterocycles. The number of carbonyl (C=O) groups excluding carboxylic acids is 2. The summed E-state index contributed by atoms with van der Waals surface area (Å²) in [5.41, 5.74) is 2.46. The summed E-state index contributed by atoms with van der Waals surface area (Å²) in [6.45, 7) is 1.60. The van der Waals surface area contributed by atoms with Crippen LogP contribution in [0.3, 0.4) is 0 Å². The van der Waals surface area contributed by atoms with Crippen LogP contribution in [0.25, 0.3) is 11.3 Å². The van der Waals surface area contributed by atoms with Gasteiger partial charge in [-0.2, -0.15) is 0 Å². The van der Waals surface area contributed by atoms with Crippen LogP contribution in [0.5, 0.6) is 0 Å². The first-order valence-electron chi connectivity index (χ1n) is 6.58. The van der Waals surface area contributed by atoms with Crippen LogP contribution in [0.15, 0.2) is 42.6 Å². The summed E-state index contributed by atoms with van der Waals surface area (Å²) >= 11 is 0. The van der Waals surface area contributed by atoms with Crippen LogP contribution < -0.4 is 5.32 Å². The number of hydrogen-bond donors (Lipinski definition) is 2. The van der Waals surface area contributed by atoms with E-state index in [0.717, 1.165) is 5.56 Å². The van der Waals surface area contributed by atoms with Gasteiger partial charge in [0.25, 0.3) is 5.91 Å². The van der Waals surface area contributed by atoms with E-state index < -0.39 is 0 Å². The molecule has 0 aliphatic carbocycles. The average molecular weight is 284 g/mol. The quantitative estimate of drug-likeness (QED) is 0.819. The summed E-state index contributed by atoms with van der Waals surface area (Å²) in [5.74, 6) is -0.288. The zero-order valence-corrected chi connectivity index (χ0v) is 11.7. The van der Waals surface area contributed by atoms with E-state index >= 15 is 0 Å². The van der Waals surface area contributed by atoms with E-state index in [1.54, 1.807) is 36.5 Å². The van der Waals surface area contributed by atoms with E-state index in [2.05, 4.69) is 10.3 Å². The van der Waals surface area contributed by atoms with Gasteiger partial charge in [-0.1, -0.05) is 18.2 Å². The van der Waals surface area contributed by atoms with Crippen LogP contribution in [0.4, 0.5) is 0 Å². The normalized spacial score (nSPS) is 10.2. The number of Topliss-reactive ketones (excluding diaryl/α,β-unsaturated/α-hetero) is 1. The molecule has 0 saturated carbocycles. The van der Waals surface area contributed by atoms with E-state index in [-0.39, 0.29) is 24.8 Å². The standard InChI is InChI=1S/C16H16N2O3/c1-11(20)12-3-2-4-13(9-12)15-10-14(5-6-17-15)16(21)18-7-8-19/h2-6,9-10,19H,7-8H2,1H3,(H,18,21). The number of nitrogens with zero attached hydrogens (tertiary/aromatic N) is 1. The first kappa shape index (κ1) is 14.9. The second kappa shape index (κ2) is 6.76. The highest BCUT2D eigenvalue weighted by atomic mass is 16.3. The fourth-order valence-electron chi connectivity index (χ4n) is 1.90. The molecule has 0 radical (unpaired) electrons. The Hall–Kier alpha value is -2.53. The van der Waals surface area contributed by atoms with Crippen molar-refractivity contribution in [1.82, 2.24) is 10.3 Å². The van der Waals surface area contributed by atoms with Gasteiger partial charge in [-0.25, -0.2) is 0 Å². The number of benzene rings is 1. The molecule has 2 rings (SSSR count). The van der Waals surface area contributed by atoms with E-state index in [1.165, 1.54) is 6.92 Å². The van der Waals surface area contributed by atoms with Gasteiger partial charge >= 0.3 is 0 Å². The van der Waals surface area contributed by atoms with Crippen LogP contribution in [0.2, 0.25) is 0 Å². The molecule has 5 nitrogen and oxygen atoms in total. The van der Waals surface area contributed by atoms with Gasteiger partial charge in [-0.3, -0.25) is 14.6 Å². The minimum Gasteiger partial charge on any atom is -0.395 e. The highest BCUT2D eigenvalue weighted by Crippen LogP contribution is 2.19. The van der Waals surface area contributed by atoms with Crippen LogP contribution in [-0.2, 0) is 0 Å². The average Bonchev–Trinajstić information content (AvgIpc) is 2.52. The molecule has 1 aromatic carbocycles. The van der Waals surface area contributed by atoms with E-state index in [0.29, 0.717) is 16.8 Å². The lowest BCUT2D eigenvalue weighted by Gasteiger charge is -2.06. The number of pyridine rings is 1. The SMILES string of the molecule is CC(=O)c1cccc(-c2cc(C(=O)NCCO)ccn2)c1. The molecule has 1 heterocycles. The zero-order chi connectivity index (χ0) is 15.2. The Morgan fingerprint density at radius 3 is 2.71 bits per heavy atom. The van der Waals surface area contributed by atoms with Crippen molar-refractivity contribution in [3.63, 3.8) is 0 Å². The van der Waals surface area contributed by atoms with E-state index in [4.69, 9.17) is 5.11 Å². The Labute approximate surface area is 122 Å². The number of ketones is 1. The first-order valence-corrected chi connectivity index (χ1v) is 6.58. The van der Waals surface area contributed by atoms with Crippen molar-refractivity contribution in [3.8, 4) is 11.3 Å². The molecular weight excluding hydrogens is 268 g/mol. The Balaban J connectivity index is 2.30. The number of rotatable bonds is 5. The third-order valence-corrected chi connectivity index (χ3v) is 2.98. The lowest BCUT2D eigenvalue weighted by atomic mass is 10.0. The summed E-state index contributed by atoms with van der Waals surface area (Å²) in [5, 5.41) is 11.3. The molecule has 0 saturated heterocycles. The van der Waals surface area contributed by atoms with Gasteiger partial charge < -0.3 is 10.4 Å². The Morgan fingerprint density at radius 2 is 2.00 bits per heavy atom. The number of aliphatic hydroxyl groups excluding tert-OH is 1. The molecule has 0 fully saturated rings. The molecule has 0 bridgehead atoms. The summed E-state index contributed by atoms with van der Waals surface area (Å²) in [6.07, 6.45) is 1.55. The predicted molar refractivity (Wildman–Crippen MR) is 79.1 cm³/mol.